The summed E-state index contributed by atoms with van der Waals surface area (Å²) in [5.74, 6) is 0. The van der Waals surface area contributed by atoms with Crippen molar-refractivity contribution in [2.45, 2.75) is 11.8 Å². The topological polar surface area (TPSA) is 0 Å². The van der Waals surface area contributed by atoms with Gasteiger partial charge < -0.3 is 0 Å². The second-order valence-electron chi connectivity index (χ2n) is 2.16. The van der Waals surface area contributed by atoms with Crippen molar-refractivity contribution in [3.63, 3.8) is 0 Å². The van der Waals surface area contributed by atoms with Crippen molar-refractivity contribution < 1.29 is 0 Å². The van der Waals surface area contributed by atoms with Gasteiger partial charge in [-0.15, -0.1) is 0 Å². The molecule has 0 amide bonds. The van der Waals surface area contributed by atoms with Crippen molar-refractivity contribution in [1.29, 1.82) is 0 Å². The molecule has 0 aliphatic heterocycles. The van der Waals surface area contributed by atoms with E-state index < -0.39 is 0 Å². The van der Waals surface area contributed by atoms with Crippen molar-refractivity contribution in [2.75, 3.05) is 0 Å². The van der Waals surface area contributed by atoms with Gasteiger partial charge in [0, 0.05) is 4.90 Å². The molecule has 11 heavy (non-hydrogen) atoms. The molecule has 58 valence electrons. The van der Waals surface area contributed by atoms with Crippen LogP contribution in [0.1, 0.15) is 5.56 Å². The molecule has 0 aromatic heterocycles. The summed E-state index contributed by atoms with van der Waals surface area (Å²) < 4.78 is 0.440. The number of thioether (sulfide) groups is 1. The largest absolute Gasteiger partial charge is 0.141 e. The first-order valence-electron chi connectivity index (χ1n) is 3.12. The Balaban J connectivity index is 2.79. The zero-order valence-corrected chi connectivity index (χ0v) is 8.39. The fraction of sp³-hybridized carbons (Fsp3) is 0.125. The molecule has 0 spiro atoms. The molecule has 0 saturated carbocycles. The maximum absolute atomic E-state index is 5.56. The first kappa shape index (κ1) is 9.04. The van der Waals surface area contributed by atoms with E-state index >= 15 is 0 Å². The van der Waals surface area contributed by atoms with Gasteiger partial charge in [-0.3, -0.25) is 0 Å². The highest BCUT2D eigenvalue weighted by atomic mass is 35.5. The Kier molecular flexibility index (Phi) is 3.37. The third-order valence-electron chi connectivity index (χ3n) is 1.19. The van der Waals surface area contributed by atoms with Crippen LogP contribution in [0.3, 0.4) is 0 Å². The van der Waals surface area contributed by atoms with Gasteiger partial charge in [0.2, 0.25) is 0 Å². The van der Waals surface area contributed by atoms with Gasteiger partial charge in [0.15, 0.2) is 0 Å². The summed E-state index contributed by atoms with van der Waals surface area (Å²) in [6.07, 6.45) is 0. The molecule has 1 rings (SSSR count). The van der Waals surface area contributed by atoms with Crippen LogP contribution in [0.25, 0.3) is 0 Å². The monoisotopic (exact) mass is 202 g/mol. The molecule has 1 aromatic carbocycles. The van der Waals surface area contributed by atoms with E-state index in [2.05, 4.69) is 6.07 Å². The van der Waals surface area contributed by atoms with E-state index in [-0.39, 0.29) is 0 Å². The van der Waals surface area contributed by atoms with Crippen molar-refractivity contribution in [3.8, 4) is 0 Å². The normalized spacial score (nSPS) is 9.64. The van der Waals surface area contributed by atoms with Crippen LogP contribution >= 0.6 is 35.6 Å². The smallest absolute Gasteiger partial charge is 0.0662 e. The SMILES string of the molecule is Cc1cccc(SC(=S)Cl)c1. The number of thiocarbonyl (C=S) groups is 1. The third-order valence-corrected chi connectivity index (χ3v) is 2.32. The van der Waals surface area contributed by atoms with E-state index in [0.29, 0.717) is 3.66 Å². The van der Waals surface area contributed by atoms with Crippen LogP contribution in [0.5, 0.6) is 0 Å². The van der Waals surface area contributed by atoms with Gasteiger partial charge in [-0.25, -0.2) is 0 Å². The van der Waals surface area contributed by atoms with Gasteiger partial charge in [-0.05, 0) is 19.1 Å². The van der Waals surface area contributed by atoms with Crippen LogP contribution in [-0.4, -0.2) is 3.66 Å². The zero-order valence-electron chi connectivity index (χ0n) is 6.00. The maximum atomic E-state index is 5.56. The van der Waals surface area contributed by atoms with Crippen LogP contribution < -0.4 is 0 Å². The summed E-state index contributed by atoms with van der Waals surface area (Å²) in [6, 6.07) is 8.08. The summed E-state index contributed by atoms with van der Waals surface area (Å²) in [6.45, 7) is 2.04. The lowest BCUT2D eigenvalue weighted by Crippen LogP contribution is -1.76. The van der Waals surface area contributed by atoms with E-state index in [4.69, 9.17) is 23.8 Å². The van der Waals surface area contributed by atoms with Crippen LogP contribution in [-0.2, 0) is 0 Å². The van der Waals surface area contributed by atoms with Crippen molar-refractivity contribution in [1.82, 2.24) is 0 Å². The van der Waals surface area contributed by atoms with Crippen LogP contribution in [0.2, 0.25) is 0 Å². The van der Waals surface area contributed by atoms with Gasteiger partial charge in [-0.1, -0.05) is 53.3 Å². The lowest BCUT2D eigenvalue weighted by atomic mass is 10.2. The molecule has 0 nitrogen and oxygen atoms in total. The molecule has 3 heteroatoms. The summed E-state index contributed by atoms with van der Waals surface area (Å²) in [7, 11) is 0. The predicted molar refractivity (Wildman–Crippen MR) is 55.5 cm³/mol. The lowest BCUT2D eigenvalue weighted by molar-refractivity contribution is 1.37. The van der Waals surface area contributed by atoms with E-state index in [1.807, 2.05) is 25.1 Å². The molecule has 0 aliphatic carbocycles. The summed E-state index contributed by atoms with van der Waals surface area (Å²) in [4.78, 5) is 1.10. The standard InChI is InChI=1S/C8H7ClS2/c1-6-3-2-4-7(5-6)11-8(9)10/h2-5H,1H3. The quantitative estimate of drug-likeness (QED) is 0.388. The number of halogens is 1. The highest BCUT2D eigenvalue weighted by Gasteiger charge is 1.95. The average molecular weight is 203 g/mol. The molecule has 0 saturated heterocycles. The number of hydrogen-bond acceptors (Lipinski definition) is 2. The Morgan fingerprint density at radius 1 is 1.55 bits per heavy atom. The van der Waals surface area contributed by atoms with Crippen LogP contribution in [0.4, 0.5) is 0 Å². The minimum absolute atomic E-state index is 0.440. The first-order chi connectivity index (χ1) is 5.18. The Hall–Kier alpha value is -0.0500. The molecule has 0 heterocycles. The van der Waals surface area contributed by atoms with Gasteiger partial charge in [0.05, 0.1) is 0 Å². The lowest BCUT2D eigenvalue weighted by Gasteiger charge is -1.97. The summed E-state index contributed by atoms with van der Waals surface area (Å²) >= 11 is 11.7. The van der Waals surface area contributed by atoms with Gasteiger partial charge in [0.25, 0.3) is 0 Å². The van der Waals surface area contributed by atoms with E-state index in [1.165, 1.54) is 17.3 Å². The maximum Gasteiger partial charge on any atom is 0.141 e. The Morgan fingerprint density at radius 2 is 2.27 bits per heavy atom. The second-order valence-corrected chi connectivity index (χ2v) is 4.73. The van der Waals surface area contributed by atoms with Gasteiger partial charge in [-0.2, -0.15) is 0 Å². The van der Waals surface area contributed by atoms with E-state index in [1.54, 1.807) is 0 Å². The Bertz CT molecular complexity index is 271. The van der Waals surface area contributed by atoms with Crippen LogP contribution in [0.15, 0.2) is 29.2 Å². The van der Waals surface area contributed by atoms with Crippen molar-refractivity contribution in [3.05, 3.63) is 29.8 Å². The molecular formula is C8H7ClS2. The minimum Gasteiger partial charge on any atom is -0.0662 e. The van der Waals surface area contributed by atoms with Crippen molar-refractivity contribution >= 4 is 39.2 Å². The van der Waals surface area contributed by atoms with Gasteiger partial charge >= 0.3 is 0 Å². The highest BCUT2D eigenvalue weighted by molar-refractivity contribution is 8.26. The molecule has 0 fully saturated rings. The summed E-state index contributed by atoms with van der Waals surface area (Å²) in [5, 5.41) is 0. The number of benzene rings is 1. The average Bonchev–Trinajstić information content (AvgIpc) is 1.85. The second kappa shape index (κ2) is 4.10. The molecule has 1 aromatic rings. The number of rotatable bonds is 1. The predicted octanol–water partition coefficient (Wildman–Crippen LogP) is 3.61. The highest BCUT2D eigenvalue weighted by Crippen LogP contribution is 2.22. The van der Waals surface area contributed by atoms with Gasteiger partial charge in [0.1, 0.15) is 3.66 Å². The first-order valence-corrected chi connectivity index (χ1v) is 4.73. The minimum atomic E-state index is 0.440. The molecule has 0 aliphatic rings. The van der Waals surface area contributed by atoms with E-state index in [9.17, 15) is 0 Å². The van der Waals surface area contributed by atoms with E-state index in [0.717, 1.165) is 4.90 Å². The molecule has 0 bridgehead atoms. The Morgan fingerprint density at radius 3 is 2.82 bits per heavy atom. The zero-order chi connectivity index (χ0) is 8.27. The summed E-state index contributed by atoms with van der Waals surface area (Å²) in [5.41, 5.74) is 1.22. The fourth-order valence-electron chi connectivity index (χ4n) is 0.771. The molecule has 0 atom stereocenters. The van der Waals surface area contributed by atoms with Crippen LogP contribution in [0, 0.1) is 6.92 Å². The van der Waals surface area contributed by atoms with Crippen molar-refractivity contribution in [2.24, 2.45) is 0 Å². The number of aryl methyl sites for hydroxylation is 1. The molecule has 0 N–H and O–H groups in total. The molecular weight excluding hydrogens is 196 g/mol. The third kappa shape index (κ3) is 3.23. The molecule has 0 unspecified atom stereocenters. The fourth-order valence-corrected chi connectivity index (χ4v) is 1.90. The number of hydrogen-bond donors (Lipinski definition) is 0. The molecule has 0 radical (unpaired) electrons. The Labute approximate surface area is 80.9 Å².